The third-order valence-electron chi connectivity index (χ3n) is 11.2. The van der Waals surface area contributed by atoms with Crippen LogP contribution in [0.15, 0.2) is 48.5 Å². The number of aryl methyl sites for hydroxylation is 1. The molecule has 0 spiro atoms. The van der Waals surface area contributed by atoms with Crippen LogP contribution in [0.25, 0.3) is 11.1 Å². The number of carbonyl (C=O) groups is 2. The standard InChI is InChI=1S/C40H42O9/c1-20(2)23-11-10-21(3)25-15-27(22(4)26(25)12-23)37(41)49-36-29-17-31-30(47-19-48-31)16-28(29)34(40(6)38(42)46-18-39(36,40)5)24-13-32(43-7)35(45-9)33(14-24)44-8/h10-17,20,34,36H,18-19H2,1-9H3/t34-,36-,39-,40+/m1/s1. The molecule has 0 unspecified atom stereocenters. The highest BCUT2D eigenvalue weighted by atomic mass is 16.7. The lowest BCUT2D eigenvalue weighted by molar-refractivity contribution is -0.149. The minimum Gasteiger partial charge on any atom is -0.493 e. The molecule has 256 valence electrons. The predicted octanol–water partition coefficient (Wildman–Crippen LogP) is 7.90. The molecular weight excluding hydrogens is 624 g/mol. The molecule has 0 N–H and O–H groups in total. The van der Waals surface area contributed by atoms with E-state index < -0.39 is 34.8 Å². The van der Waals surface area contributed by atoms with Crippen LogP contribution in [0.5, 0.6) is 28.7 Å². The van der Waals surface area contributed by atoms with E-state index in [1.807, 2.05) is 51.1 Å². The van der Waals surface area contributed by atoms with E-state index in [0.29, 0.717) is 45.8 Å². The number of ether oxygens (including phenoxy) is 7. The molecule has 2 aromatic rings. The van der Waals surface area contributed by atoms with E-state index in [-0.39, 0.29) is 13.4 Å². The maximum atomic E-state index is 14.4. The highest BCUT2D eigenvalue weighted by Gasteiger charge is 2.69. The lowest BCUT2D eigenvalue weighted by Crippen LogP contribution is -2.52. The summed E-state index contributed by atoms with van der Waals surface area (Å²) in [6.45, 7) is 12.3. The maximum Gasteiger partial charge on any atom is 0.339 e. The van der Waals surface area contributed by atoms with Gasteiger partial charge in [-0.05, 0) is 96.0 Å². The summed E-state index contributed by atoms with van der Waals surface area (Å²) < 4.78 is 41.3. The van der Waals surface area contributed by atoms with Crippen molar-refractivity contribution in [3.05, 3.63) is 87.5 Å². The lowest BCUT2D eigenvalue weighted by atomic mass is 9.50. The van der Waals surface area contributed by atoms with Gasteiger partial charge in [-0.2, -0.15) is 0 Å². The molecule has 7 rings (SSSR count). The van der Waals surface area contributed by atoms with E-state index in [2.05, 4.69) is 39.0 Å². The molecule has 9 nitrogen and oxygen atoms in total. The zero-order valence-corrected chi connectivity index (χ0v) is 29.4. The number of esters is 2. The molecule has 2 heterocycles. The second-order valence-electron chi connectivity index (χ2n) is 14.0. The average molecular weight is 667 g/mol. The summed E-state index contributed by atoms with van der Waals surface area (Å²) in [5.74, 6) is 1.32. The average Bonchev–Trinajstić information content (AvgIpc) is 3.71. The third kappa shape index (κ3) is 4.65. The SMILES string of the molecule is COc1cc([C@@H]2c3cc4c(cc3[C@@H](OC(=O)c3cc5c(C)ccc(C(C)C)cc-5c3C)[C@@]3(C)COC(=O)[C@]23C)OCO4)cc(OC)c1OC. The van der Waals surface area contributed by atoms with E-state index in [4.69, 9.17) is 33.2 Å². The first-order valence-corrected chi connectivity index (χ1v) is 16.5. The number of hydrogen-bond acceptors (Lipinski definition) is 9. The van der Waals surface area contributed by atoms with E-state index >= 15 is 0 Å². The van der Waals surface area contributed by atoms with Crippen LogP contribution >= 0.6 is 0 Å². The van der Waals surface area contributed by atoms with Gasteiger partial charge in [-0.3, -0.25) is 4.79 Å². The Bertz CT molecular complexity index is 1950. The molecule has 4 atom stereocenters. The van der Waals surface area contributed by atoms with Gasteiger partial charge in [0.05, 0.1) is 37.7 Å². The summed E-state index contributed by atoms with van der Waals surface area (Å²) in [5.41, 5.74) is 5.66. The molecule has 49 heavy (non-hydrogen) atoms. The molecule has 2 aromatic carbocycles. The summed E-state index contributed by atoms with van der Waals surface area (Å²) in [7, 11) is 4.66. The maximum absolute atomic E-state index is 14.4. The minimum absolute atomic E-state index is 0.0454. The van der Waals surface area contributed by atoms with Crippen molar-refractivity contribution in [3.63, 3.8) is 0 Å². The fourth-order valence-electron chi connectivity index (χ4n) is 8.08. The smallest absolute Gasteiger partial charge is 0.339 e. The highest BCUT2D eigenvalue weighted by molar-refractivity contribution is 5.98. The summed E-state index contributed by atoms with van der Waals surface area (Å²) in [5, 5.41) is 0. The Kier molecular flexibility index (Phi) is 7.72. The van der Waals surface area contributed by atoms with Crippen molar-refractivity contribution in [2.45, 2.75) is 59.5 Å². The van der Waals surface area contributed by atoms with Gasteiger partial charge in [0.2, 0.25) is 12.5 Å². The monoisotopic (exact) mass is 666 g/mol. The first kappa shape index (κ1) is 32.6. The second kappa shape index (κ2) is 11.6. The molecule has 3 aliphatic carbocycles. The molecule has 0 bridgehead atoms. The molecule has 9 heteroatoms. The zero-order chi connectivity index (χ0) is 35.0. The molecule has 5 aliphatic rings. The van der Waals surface area contributed by atoms with Crippen LogP contribution in [-0.4, -0.2) is 46.7 Å². The summed E-state index contributed by atoms with van der Waals surface area (Å²) in [6, 6.07) is 15.8. The normalized spacial score (nSPS) is 23.6. The summed E-state index contributed by atoms with van der Waals surface area (Å²) in [6.07, 6.45) is -0.861. The molecular formula is C40H42O9. The molecule has 0 amide bonds. The Balaban J connectivity index is 1.42. The van der Waals surface area contributed by atoms with E-state index in [9.17, 15) is 9.59 Å². The van der Waals surface area contributed by atoms with Crippen LogP contribution in [0.1, 0.15) is 89.4 Å². The largest absolute Gasteiger partial charge is 0.493 e. The van der Waals surface area contributed by atoms with Gasteiger partial charge in [-0.15, -0.1) is 0 Å². The first-order chi connectivity index (χ1) is 23.4. The van der Waals surface area contributed by atoms with Gasteiger partial charge in [-0.1, -0.05) is 39.0 Å². The van der Waals surface area contributed by atoms with Gasteiger partial charge < -0.3 is 33.2 Å². The molecule has 1 saturated heterocycles. The van der Waals surface area contributed by atoms with Gasteiger partial charge >= 0.3 is 11.9 Å². The molecule has 0 radical (unpaired) electrons. The van der Waals surface area contributed by atoms with Crippen LogP contribution in [-0.2, 0) is 14.3 Å². The molecule has 0 saturated carbocycles. The topological polar surface area (TPSA) is 98.8 Å². The van der Waals surface area contributed by atoms with Crippen molar-refractivity contribution in [3.8, 4) is 39.9 Å². The van der Waals surface area contributed by atoms with E-state index in [1.54, 1.807) is 21.3 Å². The lowest BCUT2D eigenvalue weighted by Gasteiger charge is -2.51. The number of fused-ring (bicyclic) bond motifs is 4. The van der Waals surface area contributed by atoms with Crippen molar-refractivity contribution in [2.24, 2.45) is 10.8 Å². The Morgan fingerprint density at radius 2 is 1.49 bits per heavy atom. The van der Waals surface area contributed by atoms with Crippen molar-refractivity contribution in [2.75, 3.05) is 34.7 Å². The second-order valence-corrected chi connectivity index (χ2v) is 14.0. The first-order valence-electron chi connectivity index (χ1n) is 16.5. The van der Waals surface area contributed by atoms with Gasteiger partial charge in [0.15, 0.2) is 23.0 Å². The Morgan fingerprint density at radius 3 is 2.10 bits per heavy atom. The number of benzene rings is 2. The van der Waals surface area contributed by atoms with Crippen molar-refractivity contribution in [1.82, 2.24) is 0 Å². The number of cyclic esters (lactones) is 1. The number of methoxy groups -OCH3 is 3. The van der Waals surface area contributed by atoms with Crippen LogP contribution in [0.4, 0.5) is 0 Å². The highest BCUT2D eigenvalue weighted by Crippen LogP contribution is 2.68. The minimum atomic E-state index is -1.19. The third-order valence-corrected chi connectivity index (χ3v) is 11.2. The fraction of sp³-hybridized carbons (Fsp3) is 0.400. The van der Waals surface area contributed by atoms with Gasteiger partial charge in [0, 0.05) is 11.5 Å². The van der Waals surface area contributed by atoms with Gasteiger partial charge in [0.25, 0.3) is 0 Å². The Morgan fingerprint density at radius 1 is 0.837 bits per heavy atom. The van der Waals surface area contributed by atoms with Crippen LogP contribution in [0.2, 0.25) is 0 Å². The quantitative estimate of drug-likeness (QED) is 0.182. The molecule has 0 aromatic heterocycles. The number of carbonyl (C=O) groups excluding carboxylic acids is 2. The summed E-state index contributed by atoms with van der Waals surface area (Å²) >= 11 is 0. The van der Waals surface area contributed by atoms with Crippen molar-refractivity contribution < 1.29 is 42.7 Å². The van der Waals surface area contributed by atoms with Crippen LogP contribution in [0, 0.1) is 24.7 Å². The van der Waals surface area contributed by atoms with Crippen molar-refractivity contribution >= 4 is 11.9 Å². The van der Waals surface area contributed by atoms with Gasteiger partial charge in [-0.25, -0.2) is 4.79 Å². The predicted molar refractivity (Wildman–Crippen MR) is 182 cm³/mol. The molecule has 1 fully saturated rings. The van der Waals surface area contributed by atoms with Crippen LogP contribution < -0.4 is 23.7 Å². The zero-order valence-electron chi connectivity index (χ0n) is 29.4. The Hall–Kier alpha value is -4.92. The molecule has 2 aliphatic heterocycles. The van der Waals surface area contributed by atoms with Gasteiger partial charge in [0.1, 0.15) is 12.7 Å². The fourth-order valence-corrected chi connectivity index (χ4v) is 8.08. The number of hydrogen-bond donors (Lipinski definition) is 0. The van der Waals surface area contributed by atoms with Crippen LogP contribution in [0.3, 0.4) is 0 Å². The van der Waals surface area contributed by atoms with E-state index in [0.717, 1.165) is 33.4 Å². The van der Waals surface area contributed by atoms with E-state index in [1.165, 1.54) is 5.56 Å². The number of rotatable bonds is 7. The summed E-state index contributed by atoms with van der Waals surface area (Å²) in [4.78, 5) is 28.5. The Labute approximate surface area is 286 Å². The van der Waals surface area contributed by atoms with Crippen molar-refractivity contribution in [1.29, 1.82) is 0 Å².